The minimum absolute atomic E-state index is 0. The molecule has 0 unspecified atom stereocenters. The summed E-state index contributed by atoms with van der Waals surface area (Å²) in [5.74, 6) is 2.26. The number of rotatable bonds is 6. The largest absolute Gasteiger partial charge is 0.477 e. The van der Waals surface area contributed by atoms with Gasteiger partial charge < -0.3 is 15.4 Å². The van der Waals surface area contributed by atoms with E-state index < -0.39 is 0 Å². The van der Waals surface area contributed by atoms with E-state index in [1.807, 2.05) is 12.1 Å². The number of halogens is 1. The van der Waals surface area contributed by atoms with Crippen molar-refractivity contribution in [3.63, 3.8) is 0 Å². The highest BCUT2D eigenvalue weighted by molar-refractivity contribution is 14.0. The van der Waals surface area contributed by atoms with Crippen molar-refractivity contribution in [3.8, 4) is 5.88 Å². The van der Waals surface area contributed by atoms with Crippen LogP contribution in [0, 0.1) is 5.92 Å². The van der Waals surface area contributed by atoms with Gasteiger partial charge in [-0.05, 0) is 58.1 Å². The molecule has 0 amide bonds. The lowest BCUT2D eigenvalue weighted by Crippen LogP contribution is -2.47. The molecule has 0 aliphatic heterocycles. The molecule has 0 aromatic carbocycles. The molecular formula is C17H29IN4O. The van der Waals surface area contributed by atoms with Crippen molar-refractivity contribution in [2.24, 2.45) is 10.9 Å². The molecule has 6 heteroatoms. The lowest BCUT2D eigenvalue weighted by atomic mass is 10.1. The molecule has 5 nitrogen and oxygen atoms in total. The number of nitrogens with zero attached hydrogens (tertiary/aromatic N) is 2. The Morgan fingerprint density at radius 2 is 2.13 bits per heavy atom. The minimum Gasteiger partial charge on any atom is -0.477 e. The predicted molar refractivity (Wildman–Crippen MR) is 106 cm³/mol. The molecule has 1 heterocycles. The zero-order valence-corrected chi connectivity index (χ0v) is 16.9. The van der Waals surface area contributed by atoms with Gasteiger partial charge in [-0.25, -0.2) is 9.98 Å². The van der Waals surface area contributed by atoms with E-state index in [4.69, 9.17) is 4.74 Å². The van der Waals surface area contributed by atoms with E-state index in [0.29, 0.717) is 12.4 Å². The Bertz CT molecular complexity index is 510. The van der Waals surface area contributed by atoms with Crippen LogP contribution in [0.25, 0.3) is 0 Å². The highest BCUT2D eigenvalue weighted by atomic mass is 127. The smallest absolute Gasteiger partial charge is 0.213 e. The number of guanidine groups is 1. The lowest BCUT2D eigenvalue weighted by Gasteiger charge is -2.23. The van der Waals surface area contributed by atoms with Crippen molar-refractivity contribution < 1.29 is 4.74 Å². The standard InChI is InChI=1S/C17H28N4O.HI/c1-5-18-16(21-17(2,3)4)20-11-14-8-9-19-15(10-14)22-12-13-6-7-13;/h8-10,13H,5-7,11-12H2,1-4H3,(H2,18,20,21);1H. The van der Waals surface area contributed by atoms with Gasteiger partial charge in [0.25, 0.3) is 0 Å². The first kappa shape index (κ1) is 20.0. The average Bonchev–Trinajstić information content (AvgIpc) is 3.26. The number of hydrogen-bond donors (Lipinski definition) is 2. The first-order chi connectivity index (χ1) is 10.5. The molecule has 130 valence electrons. The molecule has 0 spiro atoms. The highest BCUT2D eigenvalue weighted by Gasteiger charge is 2.22. The molecule has 1 fully saturated rings. The van der Waals surface area contributed by atoms with Crippen molar-refractivity contribution in [3.05, 3.63) is 23.9 Å². The maximum atomic E-state index is 5.71. The van der Waals surface area contributed by atoms with E-state index in [2.05, 4.69) is 48.3 Å². The van der Waals surface area contributed by atoms with E-state index in [-0.39, 0.29) is 29.5 Å². The molecule has 1 aliphatic rings. The summed E-state index contributed by atoms with van der Waals surface area (Å²) in [4.78, 5) is 8.89. The number of aromatic nitrogens is 1. The Morgan fingerprint density at radius 3 is 2.74 bits per heavy atom. The van der Waals surface area contributed by atoms with E-state index in [9.17, 15) is 0 Å². The quantitative estimate of drug-likeness (QED) is 0.411. The van der Waals surface area contributed by atoms with Gasteiger partial charge in [-0.15, -0.1) is 24.0 Å². The number of nitrogens with one attached hydrogen (secondary N) is 2. The van der Waals surface area contributed by atoms with Gasteiger partial charge in [-0.3, -0.25) is 0 Å². The van der Waals surface area contributed by atoms with E-state index in [1.165, 1.54) is 12.8 Å². The first-order valence-electron chi connectivity index (χ1n) is 8.10. The van der Waals surface area contributed by atoms with Gasteiger partial charge in [-0.1, -0.05) is 0 Å². The van der Waals surface area contributed by atoms with Crippen LogP contribution >= 0.6 is 24.0 Å². The van der Waals surface area contributed by atoms with Crippen LogP contribution < -0.4 is 15.4 Å². The first-order valence-corrected chi connectivity index (χ1v) is 8.10. The molecule has 1 aliphatic carbocycles. The maximum absolute atomic E-state index is 5.71. The molecule has 23 heavy (non-hydrogen) atoms. The predicted octanol–water partition coefficient (Wildman–Crippen LogP) is 3.34. The molecule has 1 aromatic heterocycles. The molecule has 0 atom stereocenters. The number of pyridine rings is 1. The van der Waals surface area contributed by atoms with Crippen LogP contribution in [0.1, 0.15) is 46.1 Å². The van der Waals surface area contributed by atoms with Crippen LogP contribution in [0.5, 0.6) is 5.88 Å². The monoisotopic (exact) mass is 432 g/mol. The van der Waals surface area contributed by atoms with E-state index in [0.717, 1.165) is 30.6 Å². The summed E-state index contributed by atoms with van der Waals surface area (Å²) < 4.78 is 5.71. The van der Waals surface area contributed by atoms with Crippen molar-refractivity contribution in [1.29, 1.82) is 0 Å². The fourth-order valence-corrected chi connectivity index (χ4v) is 1.95. The summed E-state index contributed by atoms with van der Waals surface area (Å²) in [5, 5.41) is 6.65. The van der Waals surface area contributed by atoms with Crippen LogP contribution in [0.2, 0.25) is 0 Å². The maximum Gasteiger partial charge on any atom is 0.213 e. The third-order valence-corrected chi connectivity index (χ3v) is 3.22. The fourth-order valence-electron chi connectivity index (χ4n) is 1.95. The van der Waals surface area contributed by atoms with Crippen molar-refractivity contribution in [1.82, 2.24) is 15.6 Å². The molecule has 0 saturated heterocycles. The van der Waals surface area contributed by atoms with Gasteiger partial charge in [0.1, 0.15) is 0 Å². The second-order valence-electron chi connectivity index (χ2n) is 6.83. The Balaban J connectivity index is 0.00000264. The average molecular weight is 432 g/mol. The highest BCUT2D eigenvalue weighted by Crippen LogP contribution is 2.29. The zero-order chi connectivity index (χ0) is 16.0. The Labute approximate surface area is 156 Å². The molecule has 2 N–H and O–H groups in total. The van der Waals surface area contributed by atoms with Crippen molar-refractivity contribution in [2.75, 3.05) is 13.2 Å². The summed E-state index contributed by atoms with van der Waals surface area (Å²) in [6.45, 7) is 10.7. The summed E-state index contributed by atoms with van der Waals surface area (Å²) in [7, 11) is 0. The van der Waals surface area contributed by atoms with E-state index >= 15 is 0 Å². The lowest BCUT2D eigenvalue weighted by molar-refractivity contribution is 0.288. The number of hydrogen-bond acceptors (Lipinski definition) is 3. The molecule has 2 rings (SSSR count). The van der Waals surface area contributed by atoms with Gasteiger partial charge in [0.15, 0.2) is 5.96 Å². The van der Waals surface area contributed by atoms with Gasteiger partial charge in [0, 0.05) is 24.3 Å². The molecular weight excluding hydrogens is 403 g/mol. The molecule has 1 saturated carbocycles. The third kappa shape index (κ3) is 8.39. The van der Waals surface area contributed by atoms with Gasteiger partial charge in [0.2, 0.25) is 5.88 Å². The van der Waals surface area contributed by atoms with Gasteiger partial charge >= 0.3 is 0 Å². The molecule has 1 aromatic rings. The minimum atomic E-state index is -0.0161. The summed E-state index contributed by atoms with van der Waals surface area (Å²) >= 11 is 0. The summed E-state index contributed by atoms with van der Waals surface area (Å²) in [6, 6.07) is 3.96. The topological polar surface area (TPSA) is 58.5 Å². The Kier molecular flexibility index (Phi) is 8.08. The van der Waals surface area contributed by atoms with Gasteiger partial charge in [-0.2, -0.15) is 0 Å². The fraction of sp³-hybridized carbons (Fsp3) is 0.647. The number of ether oxygens (including phenoxy) is 1. The van der Waals surface area contributed by atoms with Crippen LogP contribution in [-0.2, 0) is 6.54 Å². The van der Waals surface area contributed by atoms with Crippen molar-refractivity contribution >= 4 is 29.9 Å². The van der Waals surface area contributed by atoms with Crippen LogP contribution in [-0.4, -0.2) is 29.6 Å². The third-order valence-electron chi connectivity index (χ3n) is 3.22. The van der Waals surface area contributed by atoms with Gasteiger partial charge in [0.05, 0.1) is 13.2 Å². The second-order valence-corrected chi connectivity index (χ2v) is 6.83. The van der Waals surface area contributed by atoms with Crippen LogP contribution in [0.15, 0.2) is 23.3 Å². The molecule has 0 radical (unpaired) electrons. The Hall–Kier alpha value is -1.05. The van der Waals surface area contributed by atoms with Crippen molar-refractivity contribution in [2.45, 2.75) is 52.6 Å². The Morgan fingerprint density at radius 1 is 1.39 bits per heavy atom. The zero-order valence-electron chi connectivity index (χ0n) is 14.6. The summed E-state index contributed by atoms with van der Waals surface area (Å²) in [5.41, 5.74) is 1.09. The SMILES string of the molecule is CCNC(=NCc1ccnc(OCC2CC2)c1)NC(C)(C)C.I. The summed E-state index contributed by atoms with van der Waals surface area (Å²) in [6.07, 6.45) is 4.36. The van der Waals surface area contributed by atoms with E-state index in [1.54, 1.807) is 6.20 Å². The normalized spacial score (nSPS) is 14.9. The van der Waals surface area contributed by atoms with Crippen LogP contribution in [0.3, 0.4) is 0 Å². The molecule has 0 bridgehead atoms. The van der Waals surface area contributed by atoms with Crippen LogP contribution in [0.4, 0.5) is 0 Å². The number of aliphatic imine (C=N–C) groups is 1. The second kappa shape index (κ2) is 9.30.